The molecule has 1 aromatic rings. The van der Waals surface area contributed by atoms with E-state index in [0.717, 1.165) is 18.4 Å². The van der Waals surface area contributed by atoms with Gasteiger partial charge in [0, 0.05) is 0 Å². The smallest absolute Gasteiger partial charge is 0.355 e. The number of ether oxygens (including phenoxy) is 1. The van der Waals surface area contributed by atoms with Crippen LogP contribution in [0.4, 0.5) is 4.39 Å². The maximum absolute atomic E-state index is 12.9. The lowest BCUT2D eigenvalue weighted by Gasteiger charge is -2.12. The van der Waals surface area contributed by atoms with Crippen LogP contribution in [0.25, 0.3) is 0 Å². The summed E-state index contributed by atoms with van der Waals surface area (Å²) in [6, 6.07) is 2.56. The summed E-state index contributed by atoms with van der Waals surface area (Å²) < 4.78 is 45.5. The lowest BCUT2D eigenvalue weighted by Crippen LogP contribution is -2.31. The zero-order chi connectivity index (χ0) is 13.3. The van der Waals surface area contributed by atoms with Gasteiger partial charge in [0.05, 0.1) is 17.7 Å². The van der Waals surface area contributed by atoms with E-state index in [0.29, 0.717) is 4.88 Å². The van der Waals surface area contributed by atoms with Gasteiger partial charge in [-0.25, -0.2) is 4.79 Å². The summed E-state index contributed by atoms with van der Waals surface area (Å²) >= 11 is 0.730. The number of nitrogens with zero attached hydrogens (tertiary/aromatic N) is 1. The third-order valence-electron chi connectivity index (χ3n) is 1.97. The quantitative estimate of drug-likeness (QED) is 0.807. The topological polar surface area (TPSA) is 84.8 Å². The van der Waals surface area contributed by atoms with Gasteiger partial charge in [-0.3, -0.25) is 4.72 Å². The van der Waals surface area contributed by atoms with E-state index in [1.54, 1.807) is 0 Å². The molecule has 0 aliphatic carbocycles. The summed E-state index contributed by atoms with van der Waals surface area (Å²) in [4.78, 5) is 11.6. The summed E-state index contributed by atoms with van der Waals surface area (Å²) in [5.41, 5.74) is -0.278. The molecule has 6 nitrogen and oxygen atoms in total. The molecule has 0 aromatic carbocycles. The molecule has 0 spiro atoms. The highest BCUT2D eigenvalue weighted by Crippen LogP contribution is 2.19. The first kappa shape index (κ1) is 12.7. The van der Waals surface area contributed by atoms with Crippen molar-refractivity contribution in [3.63, 3.8) is 0 Å². The third kappa shape index (κ3) is 2.57. The second kappa shape index (κ2) is 4.50. The van der Waals surface area contributed by atoms with Crippen molar-refractivity contribution in [3.05, 3.63) is 33.9 Å². The average molecular weight is 290 g/mol. The first-order chi connectivity index (χ1) is 8.41. The van der Waals surface area contributed by atoms with Gasteiger partial charge in [0.1, 0.15) is 5.70 Å². The number of halogens is 1. The zero-order valence-electron chi connectivity index (χ0n) is 9.01. The second-order valence-corrected chi connectivity index (χ2v) is 5.58. The molecule has 0 atom stereocenters. The molecule has 0 bridgehead atoms. The molecule has 1 aliphatic heterocycles. The summed E-state index contributed by atoms with van der Waals surface area (Å²) in [6.45, 7) is 0. The van der Waals surface area contributed by atoms with Crippen molar-refractivity contribution in [2.45, 2.75) is 0 Å². The summed E-state index contributed by atoms with van der Waals surface area (Å²) in [5, 5.41) is -0.475. The van der Waals surface area contributed by atoms with Crippen molar-refractivity contribution in [2.24, 2.45) is 4.40 Å². The van der Waals surface area contributed by atoms with E-state index in [9.17, 15) is 17.6 Å². The Hall–Kier alpha value is -1.74. The number of hydrogen-bond donors (Lipinski definition) is 1. The fourth-order valence-corrected chi connectivity index (χ4v) is 2.89. The molecular weight excluding hydrogens is 283 g/mol. The molecule has 0 fully saturated rings. The van der Waals surface area contributed by atoms with Crippen molar-refractivity contribution in [2.75, 3.05) is 7.11 Å². The number of rotatable bonds is 2. The van der Waals surface area contributed by atoms with Gasteiger partial charge in [0.15, 0.2) is 5.13 Å². The predicted octanol–water partition coefficient (Wildman–Crippen LogP) is 0.581. The standard InChI is InChI=1S/C9H7FN2O4S2/c1-16-9(13)6-4-5(11-18(14,15)12-6)7-2-3-8(10)17-7/h2-4,12H,1H3. The highest BCUT2D eigenvalue weighted by Gasteiger charge is 2.24. The van der Waals surface area contributed by atoms with Crippen LogP contribution in [0.5, 0.6) is 0 Å². The molecule has 0 unspecified atom stereocenters. The molecule has 1 aliphatic rings. The molecule has 2 rings (SSSR count). The first-order valence-electron chi connectivity index (χ1n) is 4.60. The van der Waals surface area contributed by atoms with Gasteiger partial charge in [-0.05, 0) is 18.2 Å². The normalized spacial score (nSPS) is 17.4. The van der Waals surface area contributed by atoms with Crippen LogP contribution >= 0.6 is 11.3 Å². The molecule has 0 radical (unpaired) electrons. The first-order valence-corrected chi connectivity index (χ1v) is 6.85. The van der Waals surface area contributed by atoms with Gasteiger partial charge >= 0.3 is 16.2 Å². The molecule has 96 valence electrons. The second-order valence-electron chi connectivity index (χ2n) is 3.21. The number of carbonyl (C=O) groups excluding carboxylic acids is 1. The molecule has 0 saturated carbocycles. The average Bonchev–Trinajstić information content (AvgIpc) is 2.72. The Morgan fingerprint density at radius 2 is 2.22 bits per heavy atom. The van der Waals surface area contributed by atoms with E-state index in [4.69, 9.17) is 0 Å². The molecular formula is C9H7FN2O4S2. The lowest BCUT2D eigenvalue weighted by atomic mass is 10.2. The van der Waals surface area contributed by atoms with Gasteiger partial charge in [-0.1, -0.05) is 0 Å². The zero-order valence-corrected chi connectivity index (χ0v) is 10.6. The molecule has 18 heavy (non-hydrogen) atoms. The fourth-order valence-electron chi connectivity index (χ4n) is 1.26. The van der Waals surface area contributed by atoms with Crippen molar-refractivity contribution >= 4 is 33.2 Å². The van der Waals surface area contributed by atoms with Gasteiger partial charge < -0.3 is 4.74 Å². The number of hydrogen-bond acceptors (Lipinski definition) is 5. The minimum Gasteiger partial charge on any atom is -0.464 e. The third-order valence-corrected chi connectivity index (χ3v) is 3.78. The Bertz CT molecular complexity index is 660. The van der Waals surface area contributed by atoms with Crippen LogP contribution in [0.15, 0.2) is 28.3 Å². The minimum absolute atomic E-state index is 0.0111. The fraction of sp³-hybridized carbons (Fsp3) is 0.111. The van der Waals surface area contributed by atoms with Crippen molar-refractivity contribution < 1.29 is 22.3 Å². The maximum atomic E-state index is 12.9. The summed E-state index contributed by atoms with van der Waals surface area (Å²) in [6.07, 6.45) is 1.19. The van der Waals surface area contributed by atoms with Gasteiger partial charge in [0.25, 0.3) is 0 Å². The monoisotopic (exact) mass is 290 g/mol. The molecule has 2 heterocycles. The van der Waals surface area contributed by atoms with E-state index >= 15 is 0 Å². The van der Waals surface area contributed by atoms with E-state index in [2.05, 4.69) is 9.13 Å². The Morgan fingerprint density at radius 3 is 2.78 bits per heavy atom. The maximum Gasteiger partial charge on any atom is 0.355 e. The highest BCUT2D eigenvalue weighted by atomic mass is 32.2. The van der Waals surface area contributed by atoms with E-state index in [1.807, 2.05) is 4.72 Å². The number of nitrogens with one attached hydrogen (secondary N) is 1. The van der Waals surface area contributed by atoms with Crippen LogP contribution in [0, 0.1) is 5.13 Å². The van der Waals surface area contributed by atoms with Crippen LogP contribution < -0.4 is 4.72 Å². The van der Waals surface area contributed by atoms with E-state index in [1.165, 1.54) is 18.2 Å². The molecule has 0 saturated heterocycles. The number of methoxy groups -OCH3 is 1. The molecule has 0 amide bonds. The highest BCUT2D eigenvalue weighted by molar-refractivity contribution is 7.88. The van der Waals surface area contributed by atoms with Crippen LogP contribution in [-0.2, 0) is 19.7 Å². The summed E-state index contributed by atoms with van der Waals surface area (Å²) in [7, 11) is -2.90. The number of allylic oxidation sites excluding steroid dienone is 1. The van der Waals surface area contributed by atoms with Crippen LogP contribution in [0.2, 0.25) is 0 Å². The lowest BCUT2D eigenvalue weighted by molar-refractivity contribution is -0.136. The number of thiophene rings is 1. The van der Waals surface area contributed by atoms with Crippen LogP contribution in [0.1, 0.15) is 4.88 Å². The predicted molar refractivity (Wildman–Crippen MR) is 63.0 cm³/mol. The SMILES string of the molecule is COC(=O)C1=CC(c2ccc(F)s2)=NS(=O)(=O)N1. The van der Waals surface area contributed by atoms with E-state index in [-0.39, 0.29) is 11.4 Å². The Balaban J connectivity index is 2.48. The number of carbonyl (C=O) groups is 1. The largest absolute Gasteiger partial charge is 0.464 e. The molecule has 1 N–H and O–H groups in total. The van der Waals surface area contributed by atoms with Crippen molar-refractivity contribution in [1.29, 1.82) is 0 Å². The van der Waals surface area contributed by atoms with Crippen molar-refractivity contribution in [3.8, 4) is 0 Å². The van der Waals surface area contributed by atoms with Gasteiger partial charge in [0.2, 0.25) is 0 Å². The molecule has 9 heteroatoms. The van der Waals surface area contributed by atoms with Crippen LogP contribution in [0.3, 0.4) is 0 Å². The van der Waals surface area contributed by atoms with Gasteiger partial charge in [-0.15, -0.1) is 15.7 Å². The van der Waals surface area contributed by atoms with E-state index < -0.39 is 21.3 Å². The van der Waals surface area contributed by atoms with Crippen molar-refractivity contribution in [1.82, 2.24) is 4.72 Å². The number of esters is 1. The minimum atomic E-state index is -4.02. The Morgan fingerprint density at radius 1 is 1.50 bits per heavy atom. The Labute approximate surface area is 106 Å². The van der Waals surface area contributed by atoms with Gasteiger partial charge in [-0.2, -0.15) is 12.8 Å². The summed E-state index contributed by atoms with van der Waals surface area (Å²) in [5.74, 6) is -0.844. The Kier molecular flexibility index (Phi) is 3.18. The van der Waals surface area contributed by atoms with Crippen LogP contribution in [-0.4, -0.2) is 27.2 Å². The molecule has 1 aromatic heterocycles.